The number of thiazole rings is 1. The minimum absolute atomic E-state index is 0.0458. The molecule has 120 valence electrons. The monoisotopic (exact) mass is 364 g/mol. The van der Waals surface area contributed by atoms with Gasteiger partial charge in [-0.25, -0.2) is 4.98 Å². The normalized spacial score (nSPS) is 12.4. The molecule has 8 heteroatoms. The lowest BCUT2D eigenvalue weighted by atomic mass is 10.3. The van der Waals surface area contributed by atoms with Gasteiger partial charge in [0.25, 0.3) is 0 Å². The van der Waals surface area contributed by atoms with Crippen molar-refractivity contribution in [3.05, 3.63) is 29.3 Å². The molecule has 0 spiro atoms. The van der Waals surface area contributed by atoms with Crippen LogP contribution in [0.5, 0.6) is 0 Å². The van der Waals surface area contributed by atoms with Crippen LogP contribution in [-0.4, -0.2) is 26.3 Å². The summed E-state index contributed by atoms with van der Waals surface area (Å²) in [6, 6.07) is 8.01. The van der Waals surface area contributed by atoms with Gasteiger partial charge in [0.2, 0.25) is 11.0 Å². The van der Waals surface area contributed by atoms with Crippen LogP contribution in [0.15, 0.2) is 28.6 Å². The van der Waals surface area contributed by atoms with Gasteiger partial charge in [0, 0.05) is 0 Å². The highest BCUT2D eigenvalue weighted by molar-refractivity contribution is 8.02. The molecule has 23 heavy (non-hydrogen) atoms. The first kappa shape index (κ1) is 16.4. The number of nitrogens with one attached hydrogen (secondary N) is 1. The minimum atomic E-state index is -0.190. The summed E-state index contributed by atoms with van der Waals surface area (Å²) in [5, 5.41) is 12.2. The fourth-order valence-electron chi connectivity index (χ4n) is 1.98. The van der Waals surface area contributed by atoms with Crippen molar-refractivity contribution in [3.63, 3.8) is 0 Å². The van der Waals surface area contributed by atoms with Crippen molar-refractivity contribution >= 4 is 55.7 Å². The fraction of sp³-hybridized carbons (Fsp3) is 0.333. The van der Waals surface area contributed by atoms with Crippen LogP contribution < -0.4 is 5.32 Å². The lowest BCUT2D eigenvalue weighted by Crippen LogP contribution is -2.24. The first-order chi connectivity index (χ1) is 11.2. The number of aromatic nitrogens is 3. The number of aryl methyl sites for hydroxylation is 1. The molecule has 0 fully saturated rings. The Morgan fingerprint density at radius 1 is 1.26 bits per heavy atom. The number of anilines is 1. The summed E-state index contributed by atoms with van der Waals surface area (Å²) < 4.78 is 2.06. The standard InChI is InChI=1S/C15H16N4OS3/c1-3-10(13(20)17-14-19-18-12(4-2)23-14)21-15-16-9-7-5-6-8-11(9)22-15/h5-8,10H,3-4H2,1-2H3,(H,17,19,20)/t10-/m1/s1. The summed E-state index contributed by atoms with van der Waals surface area (Å²) in [5.41, 5.74) is 0.979. The molecule has 0 radical (unpaired) electrons. The van der Waals surface area contributed by atoms with Crippen LogP contribution in [0.2, 0.25) is 0 Å². The zero-order chi connectivity index (χ0) is 16.2. The molecule has 5 nitrogen and oxygen atoms in total. The molecular weight excluding hydrogens is 348 g/mol. The highest BCUT2D eigenvalue weighted by Gasteiger charge is 2.21. The van der Waals surface area contributed by atoms with E-state index in [9.17, 15) is 4.79 Å². The smallest absolute Gasteiger partial charge is 0.239 e. The molecule has 1 N–H and O–H groups in total. The Bertz CT molecular complexity index is 781. The fourth-order valence-corrected chi connectivity index (χ4v) is 4.90. The Balaban J connectivity index is 1.69. The van der Waals surface area contributed by atoms with Crippen molar-refractivity contribution in [1.29, 1.82) is 0 Å². The van der Waals surface area contributed by atoms with Gasteiger partial charge < -0.3 is 0 Å². The maximum Gasteiger partial charge on any atom is 0.239 e. The van der Waals surface area contributed by atoms with Gasteiger partial charge in [-0.3, -0.25) is 10.1 Å². The molecule has 3 rings (SSSR count). The predicted molar refractivity (Wildman–Crippen MR) is 97.5 cm³/mol. The van der Waals surface area contributed by atoms with Gasteiger partial charge in [-0.2, -0.15) is 0 Å². The Hall–Kier alpha value is -1.51. The zero-order valence-electron chi connectivity index (χ0n) is 12.8. The summed E-state index contributed by atoms with van der Waals surface area (Å²) in [6.45, 7) is 4.02. The molecule has 0 unspecified atom stereocenters. The van der Waals surface area contributed by atoms with E-state index >= 15 is 0 Å². The highest BCUT2D eigenvalue weighted by Crippen LogP contribution is 2.33. The first-order valence-electron chi connectivity index (χ1n) is 7.35. The van der Waals surface area contributed by atoms with E-state index in [1.54, 1.807) is 11.3 Å². The molecule has 0 aliphatic heterocycles. The largest absolute Gasteiger partial charge is 0.300 e. The number of nitrogens with zero attached hydrogens (tertiary/aromatic N) is 3. The van der Waals surface area contributed by atoms with E-state index in [1.165, 1.54) is 23.1 Å². The van der Waals surface area contributed by atoms with E-state index in [4.69, 9.17) is 0 Å². The summed E-state index contributed by atoms with van der Waals surface area (Å²) in [6.07, 6.45) is 1.55. The van der Waals surface area contributed by atoms with E-state index in [2.05, 4.69) is 20.5 Å². The third kappa shape index (κ3) is 3.88. The maximum absolute atomic E-state index is 12.4. The second kappa shape index (κ2) is 7.37. The molecule has 3 aromatic rings. The number of fused-ring (bicyclic) bond motifs is 1. The topological polar surface area (TPSA) is 67.8 Å². The summed E-state index contributed by atoms with van der Waals surface area (Å²) in [4.78, 5) is 17.0. The van der Waals surface area contributed by atoms with Crippen molar-refractivity contribution in [2.75, 3.05) is 5.32 Å². The Kier molecular flexibility index (Phi) is 5.24. The van der Waals surface area contributed by atoms with E-state index in [0.29, 0.717) is 5.13 Å². The number of para-hydroxylation sites is 1. The number of thioether (sulfide) groups is 1. The van der Waals surface area contributed by atoms with Crippen LogP contribution in [-0.2, 0) is 11.2 Å². The van der Waals surface area contributed by atoms with E-state index in [-0.39, 0.29) is 11.2 Å². The van der Waals surface area contributed by atoms with Gasteiger partial charge in [0.15, 0.2) is 4.34 Å². The van der Waals surface area contributed by atoms with E-state index < -0.39 is 0 Å². The van der Waals surface area contributed by atoms with Crippen LogP contribution in [0.25, 0.3) is 10.2 Å². The average molecular weight is 365 g/mol. The van der Waals surface area contributed by atoms with Crippen LogP contribution in [0.3, 0.4) is 0 Å². The summed E-state index contributed by atoms with van der Waals surface area (Å²) in [7, 11) is 0. The van der Waals surface area contributed by atoms with Gasteiger partial charge in [0.05, 0.1) is 15.5 Å². The Morgan fingerprint density at radius 3 is 2.78 bits per heavy atom. The van der Waals surface area contributed by atoms with Gasteiger partial charge in [-0.1, -0.05) is 49.1 Å². The summed E-state index contributed by atoms with van der Waals surface area (Å²) >= 11 is 4.55. The number of benzene rings is 1. The molecule has 0 saturated carbocycles. The van der Waals surface area contributed by atoms with Crippen LogP contribution in [0, 0.1) is 0 Å². The van der Waals surface area contributed by atoms with Gasteiger partial charge in [-0.15, -0.1) is 21.5 Å². The zero-order valence-corrected chi connectivity index (χ0v) is 15.2. The number of amides is 1. The summed E-state index contributed by atoms with van der Waals surface area (Å²) in [5.74, 6) is -0.0458. The van der Waals surface area contributed by atoms with E-state index in [0.717, 1.165) is 32.4 Å². The molecule has 1 atom stereocenters. The second-order valence-corrected chi connectivity index (χ2v) is 8.35. The number of hydrogen-bond donors (Lipinski definition) is 1. The van der Waals surface area contributed by atoms with Crippen molar-refractivity contribution < 1.29 is 4.79 Å². The molecular formula is C15H16N4OS3. The molecule has 0 bridgehead atoms. The van der Waals surface area contributed by atoms with Gasteiger partial charge >= 0.3 is 0 Å². The van der Waals surface area contributed by atoms with Crippen LogP contribution in [0.1, 0.15) is 25.3 Å². The lowest BCUT2D eigenvalue weighted by molar-refractivity contribution is -0.115. The molecule has 1 aromatic carbocycles. The van der Waals surface area contributed by atoms with Gasteiger partial charge in [0.1, 0.15) is 5.01 Å². The van der Waals surface area contributed by atoms with Crippen molar-refractivity contribution in [2.24, 2.45) is 0 Å². The van der Waals surface area contributed by atoms with Crippen LogP contribution >= 0.6 is 34.4 Å². The molecule has 0 saturated heterocycles. The number of rotatable bonds is 6. The first-order valence-corrected chi connectivity index (χ1v) is 9.86. The average Bonchev–Trinajstić information content (AvgIpc) is 3.18. The maximum atomic E-state index is 12.4. The quantitative estimate of drug-likeness (QED) is 0.663. The minimum Gasteiger partial charge on any atom is -0.300 e. The number of carbonyl (C=O) groups is 1. The third-order valence-electron chi connectivity index (χ3n) is 3.18. The number of carbonyl (C=O) groups excluding carboxylic acids is 1. The van der Waals surface area contributed by atoms with Gasteiger partial charge in [-0.05, 0) is 25.0 Å². The molecule has 1 amide bonds. The van der Waals surface area contributed by atoms with Crippen molar-refractivity contribution in [2.45, 2.75) is 36.3 Å². The Labute approximate surface area is 146 Å². The molecule has 2 heterocycles. The second-order valence-electron chi connectivity index (χ2n) is 4.81. The van der Waals surface area contributed by atoms with Crippen molar-refractivity contribution in [1.82, 2.24) is 15.2 Å². The van der Waals surface area contributed by atoms with E-state index in [1.807, 2.05) is 38.1 Å². The SMILES string of the molecule is CCc1nnc(NC(=O)[C@@H](CC)Sc2nc3ccccc3s2)s1. The molecule has 0 aliphatic rings. The lowest BCUT2D eigenvalue weighted by Gasteiger charge is -2.11. The highest BCUT2D eigenvalue weighted by atomic mass is 32.2. The molecule has 0 aliphatic carbocycles. The predicted octanol–water partition coefficient (Wildman–Crippen LogP) is 4.22. The van der Waals surface area contributed by atoms with Crippen molar-refractivity contribution in [3.8, 4) is 0 Å². The molecule has 2 aromatic heterocycles. The number of hydrogen-bond acceptors (Lipinski definition) is 7. The third-order valence-corrected chi connectivity index (χ3v) is 6.66. The Morgan fingerprint density at radius 2 is 2.09 bits per heavy atom. The van der Waals surface area contributed by atoms with Crippen LogP contribution in [0.4, 0.5) is 5.13 Å².